The number of benzene rings is 2. The first-order valence-corrected chi connectivity index (χ1v) is 25.0. The molecule has 4 aromatic rings. The first-order valence-electron chi connectivity index (χ1n) is 23.4. The molecule has 2 unspecified atom stereocenters. The lowest BCUT2D eigenvalue weighted by Gasteiger charge is -2.38. The predicted molar refractivity (Wildman–Crippen MR) is 262 cm³/mol. The Labute approximate surface area is 417 Å². The summed E-state index contributed by atoms with van der Waals surface area (Å²) in [7, 11) is 0. The molecule has 374 valence electrons. The number of hydrogen-bond acceptors (Lipinski definition) is 16. The third kappa shape index (κ3) is 14.8. The number of likely N-dealkylation sites (tertiary alicyclic amines) is 2. The maximum atomic E-state index is 14.4. The highest BCUT2D eigenvalue weighted by molar-refractivity contribution is 7.99. The molecular formula is C48H64N14O6S2. The molecule has 2 aliphatic heterocycles. The summed E-state index contributed by atoms with van der Waals surface area (Å²) >= 11 is 2.89. The molecule has 6 rings (SSSR count). The number of aromatic nitrogens is 8. The van der Waals surface area contributed by atoms with Gasteiger partial charge in [0.25, 0.3) is 0 Å². The second-order valence-corrected chi connectivity index (χ2v) is 20.9. The van der Waals surface area contributed by atoms with Gasteiger partial charge in [-0.1, -0.05) is 75.9 Å². The van der Waals surface area contributed by atoms with Crippen molar-refractivity contribution in [2.75, 3.05) is 39.5 Å². The zero-order valence-corrected chi connectivity index (χ0v) is 42.2. The van der Waals surface area contributed by atoms with Crippen LogP contribution in [0.2, 0.25) is 0 Å². The van der Waals surface area contributed by atoms with Crippen LogP contribution in [0.5, 0.6) is 0 Å². The Balaban J connectivity index is 1.01. The molecule has 0 spiro atoms. The molecule has 4 heterocycles. The average molecular weight is 997 g/mol. The third-order valence-corrected chi connectivity index (χ3v) is 13.9. The number of carbonyl (C=O) groups is 4. The van der Waals surface area contributed by atoms with Gasteiger partial charge in [-0.15, -0.1) is 10.2 Å². The molecule has 70 heavy (non-hydrogen) atoms. The molecule has 6 atom stereocenters. The van der Waals surface area contributed by atoms with E-state index in [0.717, 1.165) is 35.5 Å². The Morgan fingerprint density at radius 1 is 0.671 bits per heavy atom. The number of nitrogens with zero attached hydrogens (tertiary/aromatic N) is 10. The van der Waals surface area contributed by atoms with Crippen LogP contribution < -0.4 is 22.1 Å². The highest BCUT2D eigenvalue weighted by Crippen LogP contribution is 2.32. The normalized spacial score (nSPS) is 17.7. The van der Waals surface area contributed by atoms with E-state index < -0.39 is 46.8 Å². The molecule has 20 nitrogen and oxygen atoms in total. The minimum atomic E-state index is -0.943. The lowest BCUT2D eigenvalue weighted by atomic mass is 9.83. The smallest absolute Gasteiger partial charge is 0.246 e. The molecular weight excluding hydrogens is 933 g/mol. The number of carbonyl (C=O) groups excluding carboxylic acids is 4. The van der Waals surface area contributed by atoms with Gasteiger partial charge in [-0.2, -0.15) is 0 Å². The van der Waals surface area contributed by atoms with Gasteiger partial charge in [0.1, 0.15) is 25.3 Å². The Hall–Kier alpha value is -5.88. The van der Waals surface area contributed by atoms with Gasteiger partial charge in [-0.05, 0) is 120 Å². The van der Waals surface area contributed by atoms with Crippen LogP contribution in [0.1, 0.15) is 67.2 Å². The van der Waals surface area contributed by atoms with Gasteiger partial charge in [0, 0.05) is 33.7 Å². The SMILES string of the molecule is CC(N)C(=O)N[C@H](C(=O)N1CCC[C@H]1Cn1nnnc1Sc1ccccc1)C(C)(C)COCC#CC#CCOCC(C)(C)[C@H](NC(=O)C(C)N)C(=O)N1CCC[C@H]1Cn1nnnc1Sc1ccccc1. The fourth-order valence-corrected chi connectivity index (χ4v) is 9.70. The van der Waals surface area contributed by atoms with E-state index in [2.05, 4.69) is 65.4 Å². The van der Waals surface area contributed by atoms with E-state index in [1.165, 1.54) is 23.5 Å². The van der Waals surface area contributed by atoms with E-state index in [4.69, 9.17) is 20.9 Å². The van der Waals surface area contributed by atoms with E-state index in [-0.39, 0.29) is 50.3 Å². The van der Waals surface area contributed by atoms with Gasteiger partial charge >= 0.3 is 0 Å². The summed E-state index contributed by atoms with van der Waals surface area (Å²) in [4.78, 5) is 60.2. The molecule has 6 N–H and O–H groups in total. The molecule has 2 aromatic carbocycles. The van der Waals surface area contributed by atoms with Crippen molar-refractivity contribution in [1.29, 1.82) is 0 Å². The van der Waals surface area contributed by atoms with E-state index in [9.17, 15) is 19.2 Å². The number of nitrogens with two attached hydrogens (primary N) is 2. The zero-order valence-electron chi connectivity index (χ0n) is 40.6. The summed E-state index contributed by atoms with van der Waals surface area (Å²) in [5.41, 5.74) is 10.2. The summed E-state index contributed by atoms with van der Waals surface area (Å²) in [6.07, 6.45) is 3.07. The molecule has 2 aromatic heterocycles. The van der Waals surface area contributed by atoms with Crippen LogP contribution >= 0.6 is 23.5 Å². The summed E-state index contributed by atoms with van der Waals surface area (Å²) in [5.74, 6) is 9.92. The molecule has 22 heteroatoms. The first kappa shape index (κ1) is 53.5. The maximum absolute atomic E-state index is 14.4. The van der Waals surface area contributed by atoms with Gasteiger partial charge in [0.2, 0.25) is 33.9 Å². The van der Waals surface area contributed by atoms with Gasteiger partial charge < -0.3 is 41.4 Å². The van der Waals surface area contributed by atoms with Crippen molar-refractivity contribution < 1.29 is 28.7 Å². The summed E-state index contributed by atoms with van der Waals surface area (Å²) in [6.45, 7) is 12.6. The average Bonchev–Trinajstić information content (AvgIpc) is 4.18. The number of nitrogens with one attached hydrogen (secondary N) is 2. The number of ether oxygens (including phenoxy) is 2. The second kappa shape index (κ2) is 25.3. The van der Waals surface area contributed by atoms with Gasteiger partial charge in [-0.3, -0.25) is 19.2 Å². The molecule has 2 fully saturated rings. The van der Waals surface area contributed by atoms with Crippen molar-refractivity contribution in [2.24, 2.45) is 22.3 Å². The molecule has 2 aliphatic rings. The lowest BCUT2D eigenvalue weighted by Crippen LogP contribution is -2.59. The van der Waals surface area contributed by atoms with Crippen LogP contribution in [0.3, 0.4) is 0 Å². The van der Waals surface area contributed by atoms with Gasteiger partial charge in [0.15, 0.2) is 0 Å². The summed E-state index contributed by atoms with van der Waals surface area (Å²) in [6, 6.07) is 15.7. The van der Waals surface area contributed by atoms with Crippen molar-refractivity contribution in [3.8, 4) is 23.7 Å². The standard InChI is InChI=1S/C48H64N14O6S2/c1-33(49)41(63)51-39(43(65)59-25-17-19-35(59)29-61-45(53-55-57-61)69-37-21-11-9-12-22-37)47(3,4)31-67-27-15-7-8-16-28-68-32-48(5,6)40(52-42(64)34(2)50)44(66)60-26-18-20-36(60)30-62-46(54-56-58-62)70-38-23-13-10-14-24-38/h9-14,21-24,33-36,39-40H,17-20,25-32,49-50H2,1-6H3,(H,51,63)(H,52,64)/t33?,34?,35-,36-,39+,40+/m0/s1. The second-order valence-electron chi connectivity index (χ2n) is 18.8. The van der Waals surface area contributed by atoms with Crippen LogP contribution in [-0.2, 0) is 41.7 Å². The van der Waals surface area contributed by atoms with Crippen molar-refractivity contribution in [3.63, 3.8) is 0 Å². The van der Waals surface area contributed by atoms with Crippen LogP contribution in [0.15, 0.2) is 80.8 Å². The Kier molecular flexibility index (Phi) is 19.3. The Morgan fingerprint density at radius 3 is 1.43 bits per heavy atom. The van der Waals surface area contributed by atoms with Gasteiger partial charge in [-0.25, -0.2) is 9.36 Å². The molecule has 0 bridgehead atoms. The number of hydrogen-bond donors (Lipinski definition) is 4. The molecule has 0 aliphatic carbocycles. The first-order chi connectivity index (χ1) is 33.5. The predicted octanol–water partition coefficient (Wildman–Crippen LogP) is 2.40. The van der Waals surface area contributed by atoms with Crippen molar-refractivity contribution in [3.05, 3.63) is 60.7 Å². The Morgan fingerprint density at radius 2 is 1.06 bits per heavy atom. The zero-order chi connectivity index (χ0) is 50.3. The molecule has 0 radical (unpaired) electrons. The number of rotatable bonds is 22. The number of tetrazole rings is 2. The minimum Gasteiger partial charge on any atom is -0.368 e. The fraction of sp³-hybridized carbons (Fsp3) is 0.542. The molecule has 0 saturated carbocycles. The Bertz CT molecular complexity index is 2330. The highest BCUT2D eigenvalue weighted by atomic mass is 32.2. The van der Waals surface area contributed by atoms with E-state index in [1.807, 2.05) is 88.4 Å². The van der Waals surface area contributed by atoms with E-state index in [1.54, 1.807) is 33.0 Å². The quantitative estimate of drug-likeness (QED) is 0.0651. The summed E-state index contributed by atoms with van der Waals surface area (Å²) < 4.78 is 15.3. The van der Waals surface area contributed by atoms with E-state index >= 15 is 0 Å². The highest BCUT2D eigenvalue weighted by Gasteiger charge is 2.44. The van der Waals surface area contributed by atoms with Crippen molar-refractivity contribution in [1.82, 2.24) is 60.8 Å². The van der Waals surface area contributed by atoms with Crippen LogP contribution in [-0.4, -0.2) is 150 Å². The van der Waals surface area contributed by atoms with Crippen molar-refractivity contribution >= 4 is 47.2 Å². The largest absolute Gasteiger partial charge is 0.368 e. The summed E-state index contributed by atoms with van der Waals surface area (Å²) in [5, 5.41) is 31.7. The fourth-order valence-electron chi connectivity index (χ4n) is 8.11. The van der Waals surface area contributed by atoms with Crippen molar-refractivity contribution in [2.45, 2.75) is 137 Å². The minimum absolute atomic E-state index is 0.0167. The van der Waals surface area contributed by atoms with Crippen LogP contribution in [0.25, 0.3) is 0 Å². The lowest BCUT2D eigenvalue weighted by molar-refractivity contribution is -0.142. The van der Waals surface area contributed by atoms with E-state index in [0.29, 0.717) is 36.5 Å². The van der Waals surface area contributed by atoms with Crippen LogP contribution in [0.4, 0.5) is 0 Å². The van der Waals surface area contributed by atoms with Gasteiger partial charge in [0.05, 0.1) is 50.5 Å². The topological polar surface area (TPSA) is 257 Å². The third-order valence-electron chi connectivity index (χ3n) is 12.0. The number of amides is 4. The molecule has 2 saturated heterocycles. The monoisotopic (exact) mass is 996 g/mol. The molecule has 4 amide bonds. The van der Waals surface area contributed by atoms with Crippen LogP contribution in [0, 0.1) is 34.5 Å². The maximum Gasteiger partial charge on any atom is 0.246 e.